The number of rotatable bonds is 1. The van der Waals surface area contributed by atoms with Crippen molar-refractivity contribution >= 4 is 11.9 Å². The maximum absolute atomic E-state index is 11.4. The van der Waals surface area contributed by atoms with Crippen molar-refractivity contribution in [1.82, 2.24) is 4.90 Å². The first-order chi connectivity index (χ1) is 6.70. The predicted molar refractivity (Wildman–Crippen MR) is 49.6 cm³/mol. The largest absolute Gasteiger partial charge is 0.481 e. The van der Waals surface area contributed by atoms with Gasteiger partial charge in [0.05, 0.1) is 5.92 Å². The van der Waals surface area contributed by atoms with Gasteiger partial charge in [-0.25, -0.2) is 0 Å². The van der Waals surface area contributed by atoms with E-state index in [1.807, 2.05) is 0 Å². The van der Waals surface area contributed by atoms with E-state index < -0.39 is 11.9 Å². The van der Waals surface area contributed by atoms with Gasteiger partial charge in [0.25, 0.3) is 0 Å². The molecule has 0 aromatic heterocycles. The lowest BCUT2D eigenvalue weighted by atomic mass is 9.87. The molecule has 0 aliphatic carbocycles. The van der Waals surface area contributed by atoms with Gasteiger partial charge in [-0.15, -0.1) is 0 Å². The summed E-state index contributed by atoms with van der Waals surface area (Å²) in [6.07, 6.45) is 5.74. The van der Waals surface area contributed by atoms with Crippen LogP contribution in [0.15, 0.2) is 12.2 Å². The Labute approximate surface area is 82.2 Å². The van der Waals surface area contributed by atoms with Crippen LogP contribution in [0.2, 0.25) is 0 Å². The summed E-state index contributed by atoms with van der Waals surface area (Å²) in [5, 5.41) is 8.97. The molecule has 0 radical (unpaired) electrons. The molecular weight excluding hydrogens is 182 g/mol. The van der Waals surface area contributed by atoms with Crippen LogP contribution in [0, 0.1) is 5.92 Å². The highest BCUT2D eigenvalue weighted by Crippen LogP contribution is 2.27. The Kier molecular flexibility index (Phi) is 2.27. The van der Waals surface area contributed by atoms with Crippen LogP contribution in [0.1, 0.15) is 19.3 Å². The van der Waals surface area contributed by atoms with E-state index in [1.54, 1.807) is 4.90 Å². The number of hydrogen-bond acceptors (Lipinski definition) is 2. The minimum Gasteiger partial charge on any atom is -0.481 e. The molecule has 4 nitrogen and oxygen atoms in total. The molecule has 14 heavy (non-hydrogen) atoms. The van der Waals surface area contributed by atoms with E-state index in [0.29, 0.717) is 6.54 Å². The molecule has 2 aliphatic heterocycles. The first kappa shape index (κ1) is 9.24. The lowest BCUT2D eigenvalue weighted by Gasteiger charge is -2.39. The van der Waals surface area contributed by atoms with E-state index in [0.717, 1.165) is 19.3 Å². The summed E-state index contributed by atoms with van der Waals surface area (Å²) in [4.78, 5) is 24.1. The summed E-state index contributed by atoms with van der Waals surface area (Å²) in [5.74, 6) is -1.37. The Hall–Kier alpha value is -1.32. The third-order valence-electron chi connectivity index (χ3n) is 2.98. The summed E-state index contributed by atoms with van der Waals surface area (Å²) in [6.45, 7) is 0.706. The molecule has 2 rings (SSSR count). The zero-order chi connectivity index (χ0) is 10.1. The Morgan fingerprint density at radius 2 is 2.29 bits per heavy atom. The Morgan fingerprint density at radius 3 is 3.00 bits per heavy atom. The highest BCUT2D eigenvalue weighted by molar-refractivity contribution is 5.91. The van der Waals surface area contributed by atoms with Crippen molar-refractivity contribution < 1.29 is 14.7 Å². The van der Waals surface area contributed by atoms with E-state index in [1.165, 1.54) is 12.2 Å². The Bertz CT molecular complexity index is 298. The zero-order valence-electron chi connectivity index (χ0n) is 7.85. The smallest absolute Gasteiger partial charge is 0.312 e. The molecule has 0 aromatic rings. The lowest BCUT2D eigenvalue weighted by molar-refractivity contribution is -0.145. The molecule has 2 atom stereocenters. The maximum Gasteiger partial charge on any atom is 0.312 e. The third-order valence-corrected chi connectivity index (χ3v) is 2.98. The summed E-state index contributed by atoms with van der Waals surface area (Å²) < 4.78 is 0. The second kappa shape index (κ2) is 3.44. The molecule has 2 unspecified atom stereocenters. The molecule has 1 amide bonds. The normalized spacial score (nSPS) is 31.4. The van der Waals surface area contributed by atoms with Gasteiger partial charge >= 0.3 is 5.97 Å². The monoisotopic (exact) mass is 195 g/mol. The van der Waals surface area contributed by atoms with Gasteiger partial charge < -0.3 is 10.0 Å². The van der Waals surface area contributed by atoms with Gasteiger partial charge in [-0.05, 0) is 19.3 Å². The maximum atomic E-state index is 11.4. The number of amides is 1. The minimum atomic E-state index is -0.828. The SMILES string of the molecule is O=C(O)C1C=CC(=O)N2CCCCC12. The molecule has 2 aliphatic rings. The number of fused-ring (bicyclic) bond motifs is 1. The average Bonchev–Trinajstić information content (AvgIpc) is 2.18. The van der Waals surface area contributed by atoms with Crippen LogP contribution in [0.5, 0.6) is 0 Å². The summed E-state index contributed by atoms with van der Waals surface area (Å²) in [6, 6.07) is -0.112. The molecule has 4 heteroatoms. The number of nitrogens with zero attached hydrogens (tertiary/aromatic N) is 1. The van der Waals surface area contributed by atoms with Crippen molar-refractivity contribution in [1.29, 1.82) is 0 Å². The lowest BCUT2D eigenvalue weighted by Crippen LogP contribution is -2.50. The number of aliphatic carboxylic acids is 1. The Balaban J connectivity index is 2.25. The summed E-state index contributed by atoms with van der Waals surface area (Å²) in [7, 11) is 0. The molecule has 2 heterocycles. The fourth-order valence-corrected chi connectivity index (χ4v) is 2.26. The van der Waals surface area contributed by atoms with Crippen LogP contribution in [0.4, 0.5) is 0 Å². The van der Waals surface area contributed by atoms with Crippen molar-refractivity contribution in [2.24, 2.45) is 5.92 Å². The standard InChI is InChI=1S/C10H13NO3/c12-9-5-4-7(10(13)14)8-3-1-2-6-11(8)9/h4-5,7-8H,1-3,6H2,(H,13,14). The fraction of sp³-hybridized carbons (Fsp3) is 0.600. The van der Waals surface area contributed by atoms with Crippen molar-refractivity contribution in [3.05, 3.63) is 12.2 Å². The van der Waals surface area contributed by atoms with Crippen LogP contribution in [0.25, 0.3) is 0 Å². The fourth-order valence-electron chi connectivity index (χ4n) is 2.26. The Morgan fingerprint density at radius 1 is 1.50 bits per heavy atom. The van der Waals surface area contributed by atoms with E-state index in [-0.39, 0.29) is 11.9 Å². The average molecular weight is 195 g/mol. The molecule has 1 fully saturated rings. The second-order valence-corrected chi connectivity index (χ2v) is 3.82. The molecule has 0 spiro atoms. The van der Waals surface area contributed by atoms with Crippen LogP contribution < -0.4 is 0 Å². The molecule has 76 valence electrons. The van der Waals surface area contributed by atoms with Gasteiger partial charge in [0.1, 0.15) is 0 Å². The van der Waals surface area contributed by atoms with Gasteiger partial charge in [0, 0.05) is 18.7 Å². The number of carbonyl (C=O) groups excluding carboxylic acids is 1. The van der Waals surface area contributed by atoms with Gasteiger partial charge in [-0.3, -0.25) is 9.59 Å². The van der Waals surface area contributed by atoms with Gasteiger partial charge in [-0.2, -0.15) is 0 Å². The van der Waals surface area contributed by atoms with Crippen LogP contribution in [-0.2, 0) is 9.59 Å². The number of hydrogen-bond donors (Lipinski definition) is 1. The number of carboxylic acid groups (broad SMARTS) is 1. The first-order valence-electron chi connectivity index (χ1n) is 4.92. The molecular formula is C10H13NO3. The van der Waals surface area contributed by atoms with Crippen molar-refractivity contribution in [3.8, 4) is 0 Å². The number of piperidine rings is 1. The highest BCUT2D eigenvalue weighted by Gasteiger charge is 2.37. The van der Waals surface area contributed by atoms with E-state index >= 15 is 0 Å². The highest BCUT2D eigenvalue weighted by atomic mass is 16.4. The molecule has 0 bridgehead atoms. The van der Waals surface area contributed by atoms with Gasteiger partial charge in [-0.1, -0.05) is 6.08 Å². The summed E-state index contributed by atoms with van der Waals surface area (Å²) in [5.41, 5.74) is 0. The van der Waals surface area contributed by atoms with Crippen LogP contribution in [-0.4, -0.2) is 34.5 Å². The van der Waals surface area contributed by atoms with E-state index in [9.17, 15) is 9.59 Å². The van der Waals surface area contributed by atoms with Gasteiger partial charge in [0.15, 0.2) is 0 Å². The quantitative estimate of drug-likeness (QED) is 0.668. The van der Waals surface area contributed by atoms with Crippen molar-refractivity contribution in [2.45, 2.75) is 25.3 Å². The molecule has 0 saturated carbocycles. The van der Waals surface area contributed by atoms with Crippen molar-refractivity contribution in [2.75, 3.05) is 6.54 Å². The van der Waals surface area contributed by atoms with E-state index in [4.69, 9.17) is 5.11 Å². The van der Waals surface area contributed by atoms with Crippen LogP contribution >= 0.6 is 0 Å². The number of carboxylic acids is 1. The first-order valence-corrected chi connectivity index (χ1v) is 4.92. The number of carbonyl (C=O) groups is 2. The van der Waals surface area contributed by atoms with Gasteiger partial charge in [0.2, 0.25) is 5.91 Å². The zero-order valence-corrected chi connectivity index (χ0v) is 7.85. The minimum absolute atomic E-state index is 0.0350. The third kappa shape index (κ3) is 1.41. The molecule has 1 saturated heterocycles. The predicted octanol–water partition coefficient (Wildman–Crippen LogP) is 0.638. The topological polar surface area (TPSA) is 57.6 Å². The van der Waals surface area contributed by atoms with Crippen molar-refractivity contribution in [3.63, 3.8) is 0 Å². The van der Waals surface area contributed by atoms with Crippen LogP contribution in [0.3, 0.4) is 0 Å². The molecule has 1 N–H and O–H groups in total. The summed E-state index contributed by atoms with van der Waals surface area (Å²) >= 11 is 0. The second-order valence-electron chi connectivity index (χ2n) is 3.82. The molecule has 0 aromatic carbocycles. The van der Waals surface area contributed by atoms with E-state index in [2.05, 4.69) is 0 Å².